The Kier molecular flexibility index (Phi) is 4.55. The summed E-state index contributed by atoms with van der Waals surface area (Å²) in [5.74, 6) is -0.907. The molecule has 3 N–H and O–H groups in total. The number of hydrazine groups is 1. The van der Waals surface area contributed by atoms with Crippen LogP contribution < -0.4 is 10.9 Å². The van der Waals surface area contributed by atoms with Gasteiger partial charge in [-0.15, -0.1) is 0 Å². The highest BCUT2D eigenvalue weighted by atomic mass is 16.2. The largest absolute Gasteiger partial charge is 0.287 e. The summed E-state index contributed by atoms with van der Waals surface area (Å²) in [6, 6.07) is 20.2. The Morgan fingerprint density at radius 2 is 1.61 bits per heavy atom. The second-order valence-corrected chi connectivity index (χ2v) is 6.27. The molecule has 138 valence electrons. The molecule has 0 aliphatic heterocycles. The lowest BCUT2D eigenvalue weighted by molar-refractivity contribution is 0.0844. The Morgan fingerprint density at radius 1 is 0.893 bits per heavy atom. The summed E-state index contributed by atoms with van der Waals surface area (Å²) in [4.78, 5) is 29.4. The highest BCUT2D eigenvalue weighted by molar-refractivity contribution is 6.07. The number of carbonyl (C=O) groups excluding carboxylic acids is 2. The maximum absolute atomic E-state index is 12.6. The van der Waals surface area contributed by atoms with Gasteiger partial charge in [0.05, 0.1) is 16.8 Å². The Hall–Kier alpha value is -4.00. The van der Waals surface area contributed by atoms with Gasteiger partial charge >= 0.3 is 0 Å². The fraction of sp³-hybridized carbons (Fsp3) is 0.0476. The van der Waals surface area contributed by atoms with Crippen LogP contribution in [0.3, 0.4) is 0 Å². The summed E-state index contributed by atoms with van der Waals surface area (Å²) in [6.07, 6.45) is 0. The zero-order valence-electron chi connectivity index (χ0n) is 15.1. The fourth-order valence-electron chi connectivity index (χ4n) is 2.94. The van der Waals surface area contributed by atoms with Crippen molar-refractivity contribution in [2.75, 3.05) is 0 Å². The minimum Gasteiger partial charge on any atom is -0.272 e. The molecule has 2 heterocycles. The van der Waals surface area contributed by atoms with Gasteiger partial charge in [-0.05, 0) is 25.1 Å². The molecule has 4 aromatic rings. The number of fused-ring (bicyclic) bond motifs is 1. The highest BCUT2D eigenvalue weighted by Crippen LogP contribution is 2.18. The third kappa shape index (κ3) is 3.45. The van der Waals surface area contributed by atoms with Crippen LogP contribution in [-0.2, 0) is 0 Å². The SMILES string of the molecule is Cc1cc(C(=O)NNC(=O)c2cc(-c3ccccc3)n[nH]2)c2ccccc2n1. The Labute approximate surface area is 160 Å². The number of nitrogens with zero attached hydrogens (tertiary/aromatic N) is 2. The second kappa shape index (κ2) is 7.32. The Morgan fingerprint density at radius 3 is 2.43 bits per heavy atom. The summed E-state index contributed by atoms with van der Waals surface area (Å²) in [7, 11) is 0. The molecule has 7 heteroatoms. The minimum absolute atomic E-state index is 0.245. The summed E-state index contributed by atoms with van der Waals surface area (Å²) < 4.78 is 0. The lowest BCUT2D eigenvalue weighted by Crippen LogP contribution is -2.41. The van der Waals surface area contributed by atoms with E-state index < -0.39 is 11.8 Å². The van der Waals surface area contributed by atoms with Crippen molar-refractivity contribution in [3.05, 3.63) is 83.7 Å². The first-order valence-electron chi connectivity index (χ1n) is 8.70. The van der Waals surface area contributed by atoms with Gasteiger partial charge in [0.15, 0.2) is 0 Å². The van der Waals surface area contributed by atoms with Crippen LogP contribution >= 0.6 is 0 Å². The predicted molar refractivity (Wildman–Crippen MR) is 105 cm³/mol. The summed E-state index contributed by atoms with van der Waals surface area (Å²) in [5.41, 5.74) is 8.53. The van der Waals surface area contributed by atoms with Crippen molar-refractivity contribution in [2.24, 2.45) is 0 Å². The first kappa shape index (κ1) is 17.4. The number of H-pyrrole nitrogens is 1. The third-order valence-electron chi connectivity index (χ3n) is 4.27. The number of amides is 2. The molecule has 0 saturated carbocycles. The van der Waals surface area contributed by atoms with Gasteiger partial charge in [-0.3, -0.25) is 30.5 Å². The molecule has 28 heavy (non-hydrogen) atoms. The monoisotopic (exact) mass is 371 g/mol. The third-order valence-corrected chi connectivity index (χ3v) is 4.27. The number of aryl methyl sites for hydroxylation is 1. The number of aromatic nitrogens is 3. The maximum atomic E-state index is 12.6. The van der Waals surface area contributed by atoms with Crippen molar-refractivity contribution >= 4 is 22.7 Å². The van der Waals surface area contributed by atoms with Crippen LogP contribution in [0.15, 0.2) is 66.7 Å². The molecule has 2 amide bonds. The molecular weight excluding hydrogens is 354 g/mol. The van der Waals surface area contributed by atoms with Gasteiger partial charge in [-0.25, -0.2) is 0 Å². The average Bonchev–Trinajstić information content (AvgIpc) is 3.22. The van der Waals surface area contributed by atoms with Crippen LogP contribution in [0.4, 0.5) is 0 Å². The van der Waals surface area contributed by atoms with E-state index in [0.29, 0.717) is 16.6 Å². The smallest absolute Gasteiger partial charge is 0.272 e. The van der Waals surface area contributed by atoms with E-state index in [1.54, 1.807) is 12.1 Å². The number of carbonyl (C=O) groups is 2. The zero-order chi connectivity index (χ0) is 19.5. The second-order valence-electron chi connectivity index (χ2n) is 6.27. The van der Waals surface area contributed by atoms with E-state index in [9.17, 15) is 9.59 Å². The van der Waals surface area contributed by atoms with Crippen molar-refractivity contribution in [2.45, 2.75) is 6.92 Å². The van der Waals surface area contributed by atoms with Crippen LogP contribution in [0.2, 0.25) is 0 Å². The van der Waals surface area contributed by atoms with Crippen molar-refractivity contribution < 1.29 is 9.59 Å². The number of pyridine rings is 1. The lowest BCUT2D eigenvalue weighted by atomic mass is 10.1. The van der Waals surface area contributed by atoms with E-state index in [1.165, 1.54) is 0 Å². The number of nitrogens with one attached hydrogen (secondary N) is 3. The molecular formula is C21H17N5O2. The van der Waals surface area contributed by atoms with Gasteiger partial charge in [0.1, 0.15) is 5.69 Å². The number of para-hydroxylation sites is 1. The summed E-state index contributed by atoms with van der Waals surface area (Å²) >= 11 is 0. The summed E-state index contributed by atoms with van der Waals surface area (Å²) in [6.45, 7) is 1.82. The molecule has 0 atom stereocenters. The fourth-order valence-corrected chi connectivity index (χ4v) is 2.94. The van der Waals surface area contributed by atoms with Crippen molar-refractivity contribution in [3.8, 4) is 11.3 Å². The molecule has 0 saturated heterocycles. The van der Waals surface area contributed by atoms with E-state index in [0.717, 1.165) is 16.8 Å². The number of hydrogen-bond donors (Lipinski definition) is 3. The molecule has 4 rings (SSSR count). The van der Waals surface area contributed by atoms with E-state index in [1.807, 2.05) is 61.5 Å². The van der Waals surface area contributed by atoms with Crippen LogP contribution in [0.1, 0.15) is 26.5 Å². The Balaban J connectivity index is 1.49. The average molecular weight is 371 g/mol. The topological polar surface area (TPSA) is 99.8 Å². The van der Waals surface area contributed by atoms with Crippen LogP contribution in [0.25, 0.3) is 22.2 Å². The van der Waals surface area contributed by atoms with Crippen molar-refractivity contribution in [3.63, 3.8) is 0 Å². The molecule has 0 aliphatic carbocycles. The van der Waals surface area contributed by atoms with E-state index in [-0.39, 0.29) is 5.69 Å². The molecule has 0 radical (unpaired) electrons. The Bertz CT molecular complexity index is 1170. The first-order chi connectivity index (χ1) is 13.6. The van der Waals surface area contributed by atoms with Crippen molar-refractivity contribution in [1.29, 1.82) is 0 Å². The van der Waals surface area contributed by atoms with Gasteiger partial charge in [-0.2, -0.15) is 5.10 Å². The van der Waals surface area contributed by atoms with Crippen LogP contribution in [0, 0.1) is 6.92 Å². The number of aromatic amines is 1. The van der Waals surface area contributed by atoms with Gasteiger partial charge in [0, 0.05) is 16.6 Å². The molecule has 0 aliphatic rings. The molecule has 0 fully saturated rings. The number of benzene rings is 2. The molecule has 2 aromatic carbocycles. The molecule has 0 spiro atoms. The van der Waals surface area contributed by atoms with Crippen LogP contribution in [0.5, 0.6) is 0 Å². The number of rotatable bonds is 3. The van der Waals surface area contributed by atoms with Gasteiger partial charge in [0.25, 0.3) is 11.8 Å². The standard InChI is InChI=1S/C21H17N5O2/c1-13-11-16(15-9-5-6-10-17(15)22-13)20(27)25-26-21(28)19-12-18(23-24-19)14-7-3-2-4-8-14/h2-12H,1H3,(H,23,24)(H,25,27)(H,26,28). The zero-order valence-corrected chi connectivity index (χ0v) is 15.1. The van der Waals surface area contributed by atoms with E-state index >= 15 is 0 Å². The minimum atomic E-state index is -0.488. The van der Waals surface area contributed by atoms with E-state index in [2.05, 4.69) is 26.0 Å². The van der Waals surface area contributed by atoms with E-state index in [4.69, 9.17) is 0 Å². The molecule has 7 nitrogen and oxygen atoms in total. The highest BCUT2D eigenvalue weighted by Gasteiger charge is 2.15. The van der Waals surface area contributed by atoms with Gasteiger partial charge in [0.2, 0.25) is 0 Å². The predicted octanol–water partition coefficient (Wildman–Crippen LogP) is 3.01. The summed E-state index contributed by atoms with van der Waals surface area (Å²) in [5, 5.41) is 7.54. The lowest BCUT2D eigenvalue weighted by Gasteiger charge is -2.09. The normalized spacial score (nSPS) is 10.6. The van der Waals surface area contributed by atoms with Crippen molar-refractivity contribution in [1.82, 2.24) is 26.0 Å². The van der Waals surface area contributed by atoms with Gasteiger partial charge < -0.3 is 0 Å². The van der Waals surface area contributed by atoms with Crippen LogP contribution in [-0.4, -0.2) is 27.0 Å². The quantitative estimate of drug-likeness (QED) is 0.482. The number of hydrogen-bond acceptors (Lipinski definition) is 4. The van der Waals surface area contributed by atoms with Gasteiger partial charge in [-0.1, -0.05) is 48.5 Å². The molecule has 0 bridgehead atoms. The maximum Gasteiger partial charge on any atom is 0.287 e. The first-order valence-corrected chi connectivity index (χ1v) is 8.70. The molecule has 2 aromatic heterocycles. The molecule has 0 unspecified atom stereocenters.